The fraction of sp³-hybridized carbons (Fsp3) is 0.895. The van der Waals surface area contributed by atoms with E-state index in [2.05, 4.69) is 11.8 Å². The number of carbonyl (C=O) groups is 1. The summed E-state index contributed by atoms with van der Waals surface area (Å²) in [7, 11) is 0. The Labute approximate surface area is 180 Å². The Balaban J connectivity index is 0.00000261. The highest BCUT2D eigenvalue weighted by Gasteiger charge is 2.59. The summed E-state index contributed by atoms with van der Waals surface area (Å²) in [6.07, 6.45) is 4.75. The highest BCUT2D eigenvalue weighted by Crippen LogP contribution is 2.58. The Bertz CT molecular complexity index is 552. The van der Waals surface area contributed by atoms with Crippen molar-refractivity contribution < 1.29 is 14.3 Å². The van der Waals surface area contributed by atoms with E-state index in [1.165, 1.54) is 19.3 Å². The van der Waals surface area contributed by atoms with Gasteiger partial charge in [-0.3, -0.25) is 0 Å². The maximum Gasteiger partial charge on any atom is 0.410 e. The summed E-state index contributed by atoms with van der Waals surface area (Å²) in [5.41, 5.74) is 6.07. The molecule has 156 valence electrons. The Morgan fingerprint density at radius 2 is 1.78 bits per heavy atom. The number of ether oxygens (including phenoxy) is 2. The van der Waals surface area contributed by atoms with Gasteiger partial charge in [0.1, 0.15) is 5.60 Å². The maximum absolute atomic E-state index is 12.2. The van der Waals surface area contributed by atoms with Gasteiger partial charge in [-0.2, -0.15) is 0 Å². The number of guanidine groups is 1. The summed E-state index contributed by atoms with van der Waals surface area (Å²) in [6.45, 7) is 11.1. The van der Waals surface area contributed by atoms with E-state index in [9.17, 15) is 4.79 Å². The second-order valence-corrected chi connectivity index (χ2v) is 8.72. The monoisotopic (exact) mass is 494 g/mol. The maximum atomic E-state index is 12.2. The number of aliphatic imine (C=N–C) groups is 1. The topological polar surface area (TPSA) is 80.4 Å². The first-order valence-corrected chi connectivity index (χ1v) is 9.93. The van der Waals surface area contributed by atoms with Crippen molar-refractivity contribution in [1.29, 1.82) is 0 Å². The first-order chi connectivity index (χ1) is 12.2. The summed E-state index contributed by atoms with van der Waals surface area (Å²) < 4.78 is 11.3. The Kier molecular flexibility index (Phi) is 7.27. The molecule has 3 aliphatic rings. The zero-order valence-corrected chi connectivity index (χ0v) is 19.4. The summed E-state index contributed by atoms with van der Waals surface area (Å²) in [6, 6.07) is 0.289. The van der Waals surface area contributed by atoms with Crippen molar-refractivity contribution in [2.24, 2.45) is 16.1 Å². The number of nitrogens with two attached hydrogens (primary N) is 1. The van der Waals surface area contributed by atoms with E-state index in [4.69, 9.17) is 20.2 Å². The quantitative estimate of drug-likeness (QED) is 0.371. The fourth-order valence-corrected chi connectivity index (χ4v) is 4.27. The standard InChI is InChI=1S/C19H34N4O3.HI/c1-5-25-15-13-14(19(15)7-6-8-19)21-16(20)22-9-11-23(12-10-22)17(24)26-18(2,3)4;/h14-15H,5-13H2,1-4H3,(H2,20,21);1H. The van der Waals surface area contributed by atoms with E-state index in [1.54, 1.807) is 4.90 Å². The normalized spacial score (nSPS) is 27.5. The number of hydrogen-bond acceptors (Lipinski definition) is 4. The number of piperazine rings is 1. The van der Waals surface area contributed by atoms with Gasteiger partial charge in [-0.15, -0.1) is 24.0 Å². The van der Waals surface area contributed by atoms with E-state index in [1.807, 2.05) is 20.8 Å². The number of carbonyl (C=O) groups excluding carboxylic acids is 1. The van der Waals surface area contributed by atoms with Gasteiger partial charge in [0.05, 0.1) is 12.1 Å². The predicted octanol–water partition coefficient (Wildman–Crippen LogP) is 2.82. The summed E-state index contributed by atoms with van der Waals surface area (Å²) in [5, 5.41) is 0. The fourth-order valence-electron chi connectivity index (χ4n) is 4.27. The second-order valence-electron chi connectivity index (χ2n) is 8.72. The number of amides is 1. The van der Waals surface area contributed by atoms with Gasteiger partial charge in [0, 0.05) is 38.2 Å². The summed E-state index contributed by atoms with van der Waals surface area (Å²) >= 11 is 0. The van der Waals surface area contributed by atoms with Crippen molar-refractivity contribution in [3.05, 3.63) is 0 Å². The number of halogens is 1. The molecule has 7 nitrogen and oxygen atoms in total. The van der Waals surface area contributed by atoms with Crippen LogP contribution >= 0.6 is 24.0 Å². The molecule has 0 bridgehead atoms. The molecule has 0 radical (unpaired) electrons. The number of hydrogen-bond donors (Lipinski definition) is 1. The minimum Gasteiger partial charge on any atom is -0.444 e. The van der Waals surface area contributed by atoms with Gasteiger partial charge in [0.25, 0.3) is 0 Å². The van der Waals surface area contributed by atoms with Crippen LogP contribution in [0.25, 0.3) is 0 Å². The molecule has 3 fully saturated rings. The molecule has 0 aromatic rings. The highest BCUT2D eigenvalue weighted by atomic mass is 127. The van der Waals surface area contributed by atoms with E-state index >= 15 is 0 Å². The van der Waals surface area contributed by atoms with Gasteiger partial charge >= 0.3 is 6.09 Å². The third-order valence-corrected chi connectivity index (χ3v) is 5.94. The molecule has 2 atom stereocenters. The molecule has 0 aromatic carbocycles. The Morgan fingerprint density at radius 1 is 1.19 bits per heavy atom. The molecule has 8 heteroatoms. The molecule has 2 N–H and O–H groups in total. The van der Waals surface area contributed by atoms with Crippen molar-refractivity contribution in [2.75, 3.05) is 32.8 Å². The number of nitrogens with zero attached hydrogens (tertiary/aromatic N) is 3. The molecule has 1 aliphatic heterocycles. The molecule has 3 rings (SSSR count). The summed E-state index contributed by atoms with van der Waals surface area (Å²) in [5.74, 6) is 0.611. The van der Waals surface area contributed by atoms with Crippen LogP contribution < -0.4 is 5.73 Å². The van der Waals surface area contributed by atoms with E-state index in [-0.39, 0.29) is 41.5 Å². The first kappa shape index (κ1) is 22.5. The van der Waals surface area contributed by atoms with Crippen LogP contribution in [-0.4, -0.2) is 72.4 Å². The SMILES string of the molecule is CCOC1CC(N=C(N)N2CCN(C(=O)OC(C)(C)C)CC2)C12CCC2.I. The van der Waals surface area contributed by atoms with E-state index < -0.39 is 5.60 Å². The highest BCUT2D eigenvalue weighted by molar-refractivity contribution is 14.0. The van der Waals surface area contributed by atoms with E-state index in [0.717, 1.165) is 13.0 Å². The minimum absolute atomic E-state index is 0. The third kappa shape index (κ3) is 4.81. The lowest BCUT2D eigenvalue weighted by Crippen LogP contribution is -2.62. The zero-order chi connectivity index (χ0) is 18.9. The zero-order valence-electron chi connectivity index (χ0n) is 17.1. The van der Waals surface area contributed by atoms with Crippen molar-refractivity contribution >= 4 is 36.0 Å². The van der Waals surface area contributed by atoms with Gasteiger partial charge in [-0.25, -0.2) is 9.79 Å². The smallest absolute Gasteiger partial charge is 0.410 e. The van der Waals surface area contributed by atoms with Crippen LogP contribution in [0.15, 0.2) is 4.99 Å². The molecular weight excluding hydrogens is 459 g/mol. The van der Waals surface area contributed by atoms with Crippen LogP contribution in [0.1, 0.15) is 53.4 Å². The average molecular weight is 494 g/mol. The van der Waals surface area contributed by atoms with E-state index in [0.29, 0.717) is 38.2 Å². The lowest BCUT2D eigenvalue weighted by atomic mass is 9.51. The molecule has 1 amide bonds. The molecule has 2 saturated carbocycles. The average Bonchev–Trinajstić information content (AvgIpc) is 2.50. The molecule has 1 spiro atoms. The van der Waals surface area contributed by atoms with Crippen LogP contribution in [0.3, 0.4) is 0 Å². The van der Waals surface area contributed by atoms with Crippen molar-refractivity contribution in [1.82, 2.24) is 9.80 Å². The van der Waals surface area contributed by atoms with Crippen LogP contribution in [0.2, 0.25) is 0 Å². The van der Waals surface area contributed by atoms with Crippen molar-refractivity contribution in [3.63, 3.8) is 0 Å². The second kappa shape index (κ2) is 8.71. The predicted molar refractivity (Wildman–Crippen MR) is 117 cm³/mol. The van der Waals surface area contributed by atoms with Crippen LogP contribution in [0, 0.1) is 5.41 Å². The van der Waals surface area contributed by atoms with Crippen LogP contribution in [0.4, 0.5) is 4.79 Å². The molecule has 1 saturated heterocycles. The summed E-state index contributed by atoms with van der Waals surface area (Å²) in [4.78, 5) is 20.8. The lowest BCUT2D eigenvalue weighted by molar-refractivity contribution is -0.162. The molecule has 27 heavy (non-hydrogen) atoms. The minimum atomic E-state index is -0.465. The van der Waals surface area contributed by atoms with Crippen LogP contribution in [0.5, 0.6) is 0 Å². The Hall–Kier alpha value is -0.770. The van der Waals surface area contributed by atoms with Gasteiger partial charge in [-0.1, -0.05) is 6.42 Å². The third-order valence-electron chi connectivity index (χ3n) is 5.94. The largest absolute Gasteiger partial charge is 0.444 e. The molecule has 1 heterocycles. The molecule has 0 aromatic heterocycles. The van der Waals surface area contributed by atoms with Gasteiger partial charge in [0.15, 0.2) is 5.96 Å². The van der Waals surface area contributed by atoms with Gasteiger partial charge in [0.2, 0.25) is 0 Å². The first-order valence-electron chi connectivity index (χ1n) is 9.93. The van der Waals surface area contributed by atoms with Gasteiger partial charge < -0.3 is 25.0 Å². The van der Waals surface area contributed by atoms with Crippen LogP contribution in [-0.2, 0) is 9.47 Å². The molecule has 2 unspecified atom stereocenters. The lowest BCUT2D eigenvalue weighted by Gasteiger charge is -2.59. The van der Waals surface area contributed by atoms with Crippen molar-refractivity contribution in [2.45, 2.75) is 71.1 Å². The Morgan fingerprint density at radius 3 is 2.26 bits per heavy atom. The van der Waals surface area contributed by atoms with Crippen molar-refractivity contribution in [3.8, 4) is 0 Å². The van der Waals surface area contributed by atoms with Gasteiger partial charge in [-0.05, 0) is 47.0 Å². The molecule has 2 aliphatic carbocycles. The molecular formula is C19H35IN4O3. The number of rotatable bonds is 3.